The van der Waals surface area contributed by atoms with E-state index < -0.39 is 0 Å². The molecule has 1 aliphatic heterocycles. The van der Waals surface area contributed by atoms with Gasteiger partial charge in [-0.1, -0.05) is 11.6 Å². The second-order valence-electron chi connectivity index (χ2n) is 4.02. The van der Waals surface area contributed by atoms with Crippen LogP contribution in [0.1, 0.15) is 13.3 Å². The summed E-state index contributed by atoms with van der Waals surface area (Å²) in [4.78, 5) is 13.4. The van der Waals surface area contributed by atoms with Gasteiger partial charge in [-0.3, -0.25) is 4.79 Å². The van der Waals surface area contributed by atoms with Gasteiger partial charge in [-0.05, 0) is 6.92 Å². The van der Waals surface area contributed by atoms with Crippen LogP contribution in [0.15, 0.2) is 12.3 Å². The van der Waals surface area contributed by atoms with Crippen LogP contribution in [-0.4, -0.2) is 35.9 Å². The van der Waals surface area contributed by atoms with Crippen LogP contribution in [-0.2, 0) is 9.53 Å². The molecule has 0 amide bonds. The lowest BCUT2D eigenvalue weighted by atomic mass is 9.96. The number of aromatic nitrogens is 2. The lowest BCUT2D eigenvalue weighted by Gasteiger charge is -2.40. The van der Waals surface area contributed by atoms with Crippen molar-refractivity contribution in [2.24, 2.45) is 5.92 Å². The molecule has 0 atom stereocenters. The molecule has 0 aliphatic carbocycles. The molecule has 0 bridgehead atoms. The van der Waals surface area contributed by atoms with Gasteiger partial charge in [0.1, 0.15) is 0 Å². The third-order valence-electron chi connectivity index (χ3n) is 2.69. The molecule has 1 aliphatic rings. The van der Waals surface area contributed by atoms with Gasteiger partial charge in [-0.15, -0.1) is 5.10 Å². The summed E-state index contributed by atoms with van der Waals surface area (Å²) in [6.45, 7) is 3.93. The summed E-state index contributed by atoms with van der Waals surface area (Å²) in [5.74, 6) is 0.240. The zero-order valence-corrected chi connectivity index (χ0v) is 10.4. The van der Waals surface area contributed by atoms with Gasteiger partial charge in [0.05, 0.1) is 24.9 Å². The van der Waals surface area contributed by atoms with Crippen LogP contribution in [0.25, 0.3) is 0 Å². The summed E-state index contributed by atoms with van der Waals surface area (Å²) >= 11 is 5.76. The summed E-state index contributed by atoms with van der Waals surface area (Å²) in [5.41, 5.74) is 0.949. The van der Waals surface area contributed by atoms with Gasteiger partial charge in [-0.2, -0.15) is 5.10 Å². The van der Waals surface area contributed by atoms with E-state index in [0.717, 1.165) is 18.8 Å². The molecule has 1 fully saturated rings. The molecular weight excluding hydrogens is 242 g/mol. The van der Waals surface area contributed by atoms with E-state index in [1.807, 2.05) is 6.92 Å². The van der Waals surface area contributed by atoms with Crippen LogP contribution in [0.5, 0.6) is 0 Å². The van der Waals surface area contributed by atoms with Gasteiger partial charge in [0.2, 0.25) is 0 Å². The molecule has 1 aromatic rings. The summed E-state index contributed by atoms with van der Waals surface area (Å²) in [5, 5.41) is 7.86. The zero-order chi connectivity index (χ0) is 12.3. The first-order valence-electron chi connectivity index (χ1n) is 5.58. The Balaban J connectivity index is 1.81. The number of carbonyl (C=O) groups excluding carboxylic acids is 1. The number of halogens is 1. The van der Waals surface area contributed by atoms with Gasteiger partial charge in [-0.25, -0.2) is 0 Å². The third-order valence-corrected chi connectivity index (χ3v) is 2.88. The number of rotatable bonds is 4. The summed E-state index contributed by atoms with van der Waals surface area (Å²) in [6, 6.07) is 1.77. The van der Waals surface area contributed by atoms with Gasteiger partial charge in [0, 0.05) is 25.1 Å². The van der Waals surface area contributed by atoms with Crippen LogP contribution in [0.3, 0.4) is 0 Å². The number of anilines is 1. The number of nitrogens with zero attached hydrogens (tertiary/aromatic N) is 3. The normalized spacial score (nSPS) is 15.5. The lowest BCUT2D eigenvalue weighted by molar-refractivity contribution is -0.144. The predicted molar refractivity (Wildman–Crippen MR) is 64.0 cm³/mol. The monoisotopic (exact) mass is 255 g/mol. The van der Waals surface area contributed by atoms with Crippen molar-refractivity contribution < 1.29 is 9.53 Å². The lowest BCUT2D eigenvalue weighted by Crippen LogP contribution is -2.47. The average Bonchev–Trinajstić information content (AvgIpc) is 2.23. The highest BCUT2D eigenvalue weighted by molar-refractivity contribution is 6.29. The van der Waals surface area contributed by atoms with Gasteiger partial charge in [0.25, 0.3) is 0 Å². The number of hydrogen-bond acceptors (Lipinski definition) is 5. The molecule has 0 spiro atoms. The first kappa shape index (κ1) is 12.1. The van der Waals surface area contributed by atoms with Crippen molar-refractivity contribution in [3.05, 3.63) is 17.4 Å². The minimum absolute atomic E-state index is 0.122. The molecule has 6 heteroatoms. The fourth-order valence-corrected chi connectivity index (χ4v) is 2.03. The van der Waals surface area contributed by atoms with Crippen molar-refractivity contribution in [1.29, 1.82) is 0 Å². The van der Waals surface area contributed by atoms with Crippen LogP contribution in [0.4, 0.5) is 5.69 Å². The standard InChI is InChI=1S/C11H14ClN3O2/c1-2-17-11(16)3-8-6-15(7-8)9-4-10(12)14-13-5-9/h4-5,8H,2-3,6-7H2,1H3. The number of esters is 1. The maximum Gasteiger partial charge on any atom is 0.306 e. The molecule has 0 N–H and O–H groups in total. The zero-order valence-electron chi connectivity index (χ0n) is 9.60. The van der Waals surface area contributed by atoms with Gasteiger partial charge < -0.3 is 9.64 Å². The molecule has 2 rings (SSSR count). The highest BCUT2D eigenvalue weighted by Gasteiger charge is 2.29. The quantitative estimate of drug-likeness (QED) is 0.764. The molecule has 5 nitrogen and oxygen atoms in total. The minimum atomic E-state index is -0.122. The van der Waals surface area contributed by atoms with E-state index in [1.165, 1.54) is 0 Å². The van der Waals surface area contributed by atoms with E-state index in [9.17, 15) is 4.79 Å². The van der Waals surface area contributed by atoms with Crippen LogP contribution in [0.2, 0.25) is 5.15 Å². The fraction of sp³-hybridized carbons (Fsp3) is 0.545. The van der Waals surface area contributed by atoms with E-state index in [0.29, 0.717) is 24.1 Å². The average molecular weight is 256 g/mol. The van der Waals surface area contributed by atoms with Crippen LogP contribution in [0, 0.1) is 5.92 Å². The predicted octanol–water partition coefficient (Wildman–Crippen LogP) is 1.52. The first-order chi connectivity index (χ1) is 8.19. The Kier molecular flexibility index (Phi) is 3.78. The number of ether oxygens (including phenoxy) is 1. The molecular formula is C11H14ClN3O2. The van der Waals surface area contributed by atoms with E-state index in [4.69, 9.17) is 16.3 Å². The maximum absolute atomic E-state index is 11.3. The Bertz CT molecular complexity index is 407. The smallest absolute Gasteiger partial charge is 0.306 e. The Morgan fingerprint density at radius 1 is 1.65 bits per heavy atom. The Hall–Kier alpha value is -1.36. The van der Waals surface area contributed by atoms with Crippen molar-refractivity contribution in [2.75, 3.05) is 24.6 Å². The van der Waals surface area contributed by atoms with E-state index in [1.54, 1.807) is 12.3 Å². The molecule has 1 aromatic heterocycles. The largest absolute Gasteiger partial charge is 0.466 e. The van der Waals surface area contributed by atoms with E-state index in [-0.39, 0.29) is 5.97 Å². The molecule has 0 unspecified atom stereocenters. The highest BCUT2D eigenvalue weighted by atomic mass is 35.5. The molecule has 0 saturated carbocycles. The molecule has 2 heterocycles. The van der Waals surface area contributed by atoms with Crippen LogP contribution < -0.4 is 4.90 Å². The van der Waals surface area contributed by atoms with Crippen LogP contribution >= 0.6 is 11.6 Å². The Morgan fingerprint density at radius 3 is 3.06 bits per heavy atom. The minimum Gasteiger partial charge on any atom is -0.466 e. The Morgan fingerprint density at radius 2 is 2.41 bits per heavy atom. The topological polar surface area (TPSA) is 55.3 Å². The highest BCUT2D eigenvalue weighted by Crippen LogP contribution is 2.27. The van der Waals surface area contributed by atoms with Crippen molar-refractivity contribution >= 4 is 23.3 Å². The summed E-state index contributed by atoms with van der Waals surface area (Å²) < 4.78 is 4.91. The molecule has 0 radical (unpaired) electrons. The first-order valence-corrected chi connectivity index (χ1v) is 5.95. The van der Waals surface area contributed by atoms with E-state index >= 15 is 0 Å². The second kappa shape index (κ2) is 5.31. The van der Waals surface area contributed by atoms with E-state index in [2.05, 4.69) is 15.1 Å². The Labute approximate surface area is 105 Å². The second-order valence-corrected chi connectivity index (χ2v) is 4.40. The van der Waals surface area contributed by atoms with Gasteiger partial charge in [0.15, 0.2) is 5.15 Å². The van der Waals surface area contributed by atoms with Gasteiger partial charge >= 0.3 is 5.97 Å². The van der Waals surface area contributed by atoms with Crippen molar-refractivity contribution in [2.45, 2.75) is 13.3 Å². The van der Waals surface area contributed by atoms with Crippen molar-refractivity contribution in [3.8, 4) is 0 Å². The number of hydrogen-bond donors (Lipinski definition) is 0. The third kappa shape index (κ3) is 3.06. The maximum atomic E-state index is 11.3. The fourth-order valence-electron chi connectivity index (χ4n) is 1.87. The molecule has 17 heavy (non-hydrogen) atoms. The summed E-state index contributed by atoms with van der Waals surface area (Å²) in [6.07, 6.45) is 2.16. The van der Waals surface area contributed by atoms with Crippen molar-refractivity contribution in [1.82, 2.24) is 10.2 Å². The molecule has 0 aromatic carbocycles. The number of carbonyl (C=O) groups is 1. The SMILES string of the molecule is CCOC(=O)CC1CN(c2cnnc(Cl)c2)C1. The molecule has 92 valence electrons. The summed E-state index contributed by atoms with van der Waals surface area (Å²) in [7, 11) is 0. The molecule has 1 saturated heterocycles. The van der Waals surface area contributed by atoms with Crippen molar-refractivity contribution in [3.63, 3.8) is 0 Å².